The van der Waals surface area contributed by atoms with Crippen molar-refractivity contribution >= 4 is 11.9 Å². The summed E-state index contributed by atoms with van der Waals surface area (Å²) in [4.78, 5) is 24.2. The molecule has 0 aromatic rings. The van der Waals surface area contributed by atoms with Crippen LogP contribution in [-0.2, 0) is 9.59 Å². The predicted octanol–water partition coefficient (Wildman–Crippen LogP) is -0.0246. The third-order valence-corrected chi connectivity index (χ3v) is 3.45. The van der Waals surface area contributed by atoms with E-state index in [4.69, 9.17) is 5.11 Å². The summed E-state index contributed by atoms with van der Waals surface area (Å²) in [6.07, 6.45) is 2.36. The van der Waals surface area contributed by atoms with Gasteiger partial charge in [0.25, 0.3) is 5.91 Å². The van der Waals surface area contributed by atoms with E-state index in [1.807, 2.05) is 0 Å². The van der Waals surface area contributed by atoms with Gasteiger partial charge in [-0.1, -0.05) is 0 Å². The Morgan fingerprint density at radius 1 is 1.47 bits per heavy atom. The molecule has 2 rings (SSSR count). The van der Waals surface area contributed by atoms with Crippen molar-refractivity contribution in [1.82, 2.24) is 4.90 Å². The first-order valence-electron chi connectivity index (χ1n) is 5.21. The van der Waals surface area contributed by atoms with Crippen LogP contribution in [0.2, 0.25) is 0 Å². The van der Waals surface area contributed by atoms with E-state index in [1.165, 1.54) is 11.8 Å². The molecule has 5 nitrogen and oxygen atoms in total. The number of aliphatic hydroxyl groups is 1. The Morgan fingerprint density at radius 3 is 2.73 bits per heavy atom. The van der Waals surface area contributed by atoms with Crippen molar-refractivity contribution in [2.75, 3.05) is 0 Å². The van der Waals surface area contributed by atoms with Gasteiger partial charge < -0.3 is 15.1 Å². The molecule has 0 aliphatic carbocycles. The minimum absolute atomic E-state index is 0.0128. The Morgan fingerprint density at radius 2 is 2.13 bits per heavy atom. The van der Waals surface area contributed by atoms with E-state index in [-0.39, 0.29) is 6.04 Å². The number of rotatable bonds is 1. The highest BCUT2D eigenvalue weighted by Gasteiger charge is 2.50. The molecule has 1 amide bonds. The molecule has 0 saturated carbocycles. The first-order chi connectivity index (χ1) is 6.93. The SMILES string of the molecule is C[C@]1(O)CC[C@@H]2CC[C@@H](C(=O)O)N2C1=O. The third kappa shape index (κ3) is 1.51. The number of amides is 1. The Hall–Kier alpha value is -1.10. The van der Waals surface area contributed by atoms with E-state index < -0.39 is 23.5 Å². The number of carboxylic acids is 1. The van der Waals surface area contributed by atoms with Gasteiger partial charge in [-0.2, -0.15) is 0 Å². The maximum Gasteiger partial charge on any atom is 0.326 e. The third-order valence-electron chi connectivity index (χ3n) is 3.45. The molecule has 2 saturated heterocycles. The molecule has 0 aromatic carbocycles. The van der Waals surface area contributed by atoms with Gasteiger partial charge in [0.15, 0.2) is 0 Å². The molecule has 2 aliphatic heterocycles. The van der Waals surface area contributed by atoms with E-state index in [2.05, 4.69) is 0 Å². The number of hydrogen-bond acceptors (Lipinski definition) is 3. The summed E-state index contributed by atoms with van der Waals surface area (Å²) in [5.41, 5.74) is -1.38. The zero-order chi connectivity index (χ0) is 11.2. The minimum atomic E-state index is -1.38. The van der Waals surface area contributed by atoms with E-state index in [0.717, 1.165) is 6.42 Å². The van der Waals surface area contributed by atoms with Crippen molar-refractivity contribution in [3.05, 3.63) is 0 Å². The van der Waals surface area contributed by atoms with Gasteiger partial charge in [-0.15, -0.1) is 0 Å². The van der Waals surface area contributed by atoms with Crippen LogP contribution < -0.4 is 0 Å². The first-order valence-corrected chi connectivity index (χ1v) is 5.21. The quantitative estimate of drug-likeness (QED) is 0.641. The summed E-state index contributed by atoms with van der Waals surface area (Å²) in [6, 6.07) is -0.729. The Balaban J connectivity index is 2.26. The maximum absolute atomic E-state index is 11.9. The summed E-state index contributed by atoms with van der Waals surface area (Å²) >= 11 is 0. The molecule has 3 atom stereocenters. The van der Waals surface area contributed by atoms with Gasteiger partial charge in [0.05, 0.1) is 0 Å². The van der Waals surface area contributed by atoms with Gasteiger partial charge >= 0.3 is 5.97 Å². The fraction of sp³-hybridized carbons (Fsp3) is 0.800. The van der Waals surface area contributed by atoms with Gasteiger partial charge in [0, 0.05) is 6.04 Å². The number of carbonyl (C=O) groups excluding carboxylic acids is 1. The Bertz CT molecular complexity index is 313. The average molecular weight is 213 g/mol. The number of carboxylic acid groups (broad SMARTS) is 1. The largest absolute Gasteiger partial charge is 0.480 e. The van der Waals surface area contributed by atoms with E-state index in [0.29, 0.717) is 19.3 Å². The van der Waals surface area contributed by atoms with Crippen LogP contribution in [0.4, 0.5) is 0 Å². The van der Waals surface area contributed by atoms with Crippen LogP contribution in [0.25, 0.3) is 0 Å². The molecule has 0 spiro atoms. The summed E-state index contributed by atoms with van der Waals surface area (Å²) in [5, 5.41) is 18.8. The molecule has 0 radical (unpaired) electrons. The number of aliphatic carboxylic acids is 1. The smallest absolute Gasteiger partial charge is 0.326 e. The Labute approximate surface area is 87.7 Å². The van der Waals surface area contributed by atoms with Gasteiger partial charge in [0.1, 0.15) is 11.6 Å². The highest BCUT2D eigenvalue weighted by Crippen LogP contribution is 2.36. The molecule has 15 heavy (non-hydrogen) atoms. The lowest BCUT2D eigenvalue weighted by Gasteiger charge is -2.39. The number of piperidine rings is 1. The van der Waals surface area contributed by atoms with Crippen molar-refractivity contribution in [1.29, 1.82) is 0 Å². The standard InChI is InChI=1S/C10H15NO4/c1-10(15)5-4-6-2-3-7(8(12)13)11(6)9(10)14/h6-7,15H,2-5H2,1H3,(H,12,13)/t6-,7-,10-/m0/s1. The van der Waals surface area contributed by atoms with Gasteiger partial charge in [-0.05, 0) is 32.6 Å². The molecular formula is C10H15NO4. The van der Waals surface area contributed by atoms with E-state index in [9.17, 15) is 14.7 Å². The molecular weight excluding hydrogens is 198 g/mol. The number of hydrogen-bond donors (Lipinski definition) is 2. The molecule has 5 heteroatoms. The highest BCUT2D eigenvalue weighted by atomic mass is 16.4. The van der Waals surface area contributed by atoms with Crippen LogP contribution in [0.15, 0.2) is 0 Å². The normalized spacial score (nSPS) is 40.4. The van der Waals surface area contributed by atoms with Gasteiger partial charge in [0.2, 0.25) is 0 Å². The second kappa shape index (κ2) is 3.20. The molecule has 2 N–H and O–H groups in total. The monoisotopic (exact) mass is 213 g/mol. The van der Waals surface area contributed by atoms with Crippen LogP contribution in [0.3, 0.4) is 0 Å². The van der Waals surface area contributed by atoms with Crippen LogP contribution in [0, 0.1) is 0 Å². The maximum atomic E-state index is 11.9. The number of nitrogens with zero attached hydrogens (tertiary/aromatic N) is 1. The van der Waals surface area contributed by atoms with Crippen molar-refractivity contribution in [3.8, 4) is 0 Å². The molecule has 84 valence electrons. The number of carbonyl (C=O) groups is 2. The molecule has 2 fully saturated rings. The van der Waals surface area contributed by atoms with Crippen LogP contribution in [-0.4, -0.2) is 44.7 Å². The Kier molecular flexibility index (Phi) is 2.22. The summed E-state index contributed by atoms with van der Waals surface area (Å²) in [5.74, 6) is -1.40. The molecule has 2 heterocycles. The van der Waals surface area contributed by atoms with Crippen molar-refractivity contribution in [3.63, 3.8) is 0 Å². The van der Waals surface area contributed by atoms with E-state index >= 15 is 0 Å². The van der Waals surface area contributed by atoms with Crippen LogP contribution >= 0.6 is 0 Å². The molecule has 2 aliphatic rings. The van der Waals surface area contributed by atoms with Gasteiger partial charge in [-0.25, -0.2) is 4.79 Å². The topological polar surface area (TPSA) is 77.8 Å². The summed E-state index contributed by atoms with van der Waals surface area (Å²) in [6.45, 7) is 1.46. The molecule has 0 aromatic heterocycles. The van der Waals surface area contributed by atoms with E-state index in [1.54, 1.807) is 0 Å². The second-order valence-electron chi connectivity index (χ2n) is 4.61. The van der Waals surface area contributed by atoms with Gasteiger partial charge in [-0.3, -0.25) is 4.79 Å². The van der Waals surface area contributed by atoms with Crippen molar-refractivity contribution in [2.24, 2.45) is 0 Å². The second-order valence-corrected chi connectivity index (χ2v) is 4.61. The zero-order valence-electron chi connectivity index (χ0n) is 8.64. The van der Waals surface area contributed by atoms with Crippen LogP contribution in [0.1, 0.15) is 32.6 Å². The summed E-state index contributed by atoms with van der Waals surface area (Å²) < 4.78 is 0. The lowest BCUT2D eigenvalue weighted by Crippen LogP contribution is -2.57. The highest BCUT2D eigenvalue weighted by molar-refractivity contribution is 5.90. The predicted molar refractivity (Wildman–Crippen MR) is 51.1 cm³/mol. The summed E-state index contributed by atoms with van der Waals surface area (Å²) in [7, 11) is 0. The number of fused-ring (bicyclic) bond motifs is 1. The fourth-order valence-corrected chi connectivity index (χ4v) is 2.55. The molecule has 0 unspecified atom stereocenters. The lowest BCUT2D eigenvalue weighted by atomic mass is 9.90. The minimum Gasteiger partial charge on any atom is -0.480 e. The molecule has 0 bridgehead atoms. The van der Waals surface area contributed by atoms with Crippen molar-refractivity contribution in [2.45, 2.75) is 50.3 Å². The van der Waals surface area contributed by atoms with Crippen molar-refractivity contribution < 1.29 is 19.8 Å². The lowest BCUT2D eigenvalue weighted by molar-refractivity contribution is -0.165. The average Bonchev–Trinajstić information content (AvgIpc) is 2.55. The first kappa shape index (κ1) is 10.4. The van der Waals surface area contributed by atoms with Crippen LogP contribution in [0.5, 0.6) is 0 Å². The zero-order valence-corrected chi connectivity index (χ0v) is 8.64. The fourth-order valence-electron chi connectivity index (χ4n) is 2.55.